The molecule has 106 valence electrons. The molecule has 0 N–H and O–H groups in total. The van der Waals surface area contributed by atoms with Gasteiger partial charge in [0.1, 0.15) is 5.75 Å². The lowest BCUT2D eigenvalue weighted by Crippen LogP contribution is -2.07. The van der Waals surface area contributed by atoms with Crippen molar-refractivity contribution in [2.75, 3.05) is 26.1 Å². The highest BCUT2D eigenvalue weighted by Crippen LogP contribution is 2.31. The van der Waals surface area contributed by atoms with E-state index in [2.05, 4.69) is 73.6 Å². The van der Waals surface area contributed by atoms with E-state index in [0.29, 0.717) is 0 Å². The summed E-state index contributed by atoms with van der Waals surface area (Å²) in [6.45, 7) is 0. The second-order valence-corrected chi connectivity index (χ2v) is 5.33. The number of fused-ring (bicyclic) bond motifs is 1. The molecule has 3 rings (SSSR count). The molecule has 0 radical (unpaired) electrons. The largest absolute Gasteiger partial charge is 0.497 e. The fraction of sp³-hybridized carbons (Fsp3) is 0.158. The van der Waals surface area contributed by atoms with Crippen molar-refractivity contribution in [3.05, 3.63) is 60.7 Å². The minimum absolute atomic E-state index is 0.891. The zero-order valence-corrected chi connectivity index (χ0v) is 12.6. The van der Waals surface area contributed by atoms with Crippen LogP contribution < -0.4 is 9.64 Å². The summed E-state index contributed by atoms with van der Waals surface area (Å²) in [7, 11) is 5.81. The van der Waals surface area contributed by atoms with E-state index in [0.717, 1.165) is 5.75 Å². The maximum absolute atomic E-state index is 5.30. The fourth-order valence-electron chi connectivity index (χ4n) is 2.58. The standard InChI is InChI=1S/C19H19NO/c1-20(2)16-9-7-14(8-10-16)18-6-4-5-15-13-17(21-3)11-12-19(15)18/h4-13H,1-3H3. The average Bonchev–Trinajstić information content (AvgIpc) is 2.53. The number of hydrogen-bond donors (Lipinski definition) is 0. The van der Waals surface area contributed by atoms with Gasteiger partial charge in [0, 0.05) is 19.8 Å². The molecule has 3 aromatic rings. The third kappa shape index (κ3) is 2.57. The molecule has 0 fully saturated rings. The van der Waals surface area contributed by atoms with Crippen LogP contribution in [0.5, 0.6) is 5.75 Å². The molecule has 0 amide bonds. The zero-order chi connectivity index (χ0) is 14.8. The second kappa shape index (κ2) is 5.49. The van der Waals surface area contributed by atoms with E-state index in [9.17, 15) is 0 Å². The van der Waals surface area contributed by atoms with Gasteiger partial charge in [0.15, 0.2) is 0 Å². The zero-order valence-electron chi connectivity index (χ0n) is 12.6. The molecular weight excluding hydrogens is 258 g/mol. The number of rotatable bonds is 3. The topological polar surface area (TPSA) is 12.5 Å². The lowest BCUT2D eigenvalue weighted by molar-refractivity contribution is 0.415. The quantitative estimate of drug-likeness (QED) is 0.694. The molecule has 2 heteroatoms. The molecule has 21 heavy (non-hydrogen) atoms. The summed E-state index contributed by atoms with van der Waals surface area (Å²) in [4.78, 5) is 2.11. The molecule has 0 aliphatic heterocycles. The Morgan fingerprint density at radius 1 is 0.857 bits per heavy atom. The Kier molecular flexibility index (Phi) is 3.53. The van der Waals surface area contributed by atoms with Crippen LogP contribution in [0, 0.1) is 0 Å². The van der Waals surface area contributed by atoms with Crippen molar-refractivity contribution >= 4 is 16.5 Å². The molecule has 3 aromatic carbocycles. The molecule has 0 unspecified atom stereocenters. The third-order valence-electron chi connectivity index (χ3n) is 3.78. The van der Waals surface area contributed by atoms with Gasteiger partial charge in [-0.05, 0) is 46.2 Å². The van der Waals surface area contributed by atoms with Gasteiger partial charge in [-0.3, -0.25) is 0 Å². The maximum atomic E-state index is 5.30. The lowest BCUT2D eigenvalue weighted by Gasteiger charge is -2.13. The molecule has 0 saturated carbocycles. The van der Waals surface area contributed by atoms with Crippen molar-refractivity contribution in [2.24, 2.45) is 0 Å². The number of ether oxygens (including phenoxy) is 1. The Morgan fingerprint density at radius 3 is 2.29 bits per heavy atom. The molecule has 0 atom stereocenters. The SMILES string of the molecule is COc1ccc2c(-c3ccc(N(C)C)cc3)cccc2c1. The van der Waals surface area contributed by atoms with E-state index in [1.54, 1.807) is 7.11 Å². The Hall–Kier alpha value is -2.48. The summed E-state index contributed by atoms with van der Waals surface area (Å²) in [5, 5.41) is 2.44. The predicted molar refractivity (Wildman–Crippen MR) is 90.3 cm³/mol. The molecule has 0 aliphatic carbocycles. The Balaban J connectivity index is 2.11. The van der Waals surface area contributed by atoms with Gasteiger partial charge < -0.3 is 9.64 Å². The third-order valence-corrected chi connectivity index (χ3v) is 3.78. The predicted octanol–water partition coefficient (Wildman–Crippen LogP) is 4.58. The van der Waals surface area contributed by atoms with Gasteiger partial charge in [0.2, 0.25) is 0 Å². The minimum atomic E-state index is 0.891. The molecule has 0 aliphatic rings. The van der Waals surface area contributed by atoms with Crippen LogP contribution in [0.1, 0.15) is 0 Å². The van der Waals surface area contributed by atoms with Crippen molar-refractivity contribution < 1.29 is 4.74 Å². The first-order chi connectivity index (χ1) is 10.2. The first-order valence-electron chi connectivity index (χ1n) is 7.03. The van der Waals surface area contributed by atoms with E-state index >= 15 is 0 Å². The van der Waals surface area contributed by atoms with Crippen molar-refractivity contribution in [2.45, 2.75) is 0 Å². The molecule has 0 heterocycles. The number of anilines is 1. The summed E-state index contributed by atoms with van der Waals surface area (Å²) < 4.78 is 5.30. The maximum Gasteiger partial charge on any atom is 0.119 e. The van der Waals surface area contributed by atoms with Gasteiger partial charge in [-0.25, -0.2) is 0 Å². The van der Waals surface area contributed by atoms with E-state index in [1.165, 1.54) is 27.6 Å². The van der Waals surface area contributed by atoms with Gasteiger partial charge in [-0.15, -0.1) is 0 Å². The molecule has 0 bridgehead atoms. The summed E-state index contributed by atoms with van der Waals surface area (Å²) in [6.07, 6.45) is 0. The lowest BCUT2D eigenvalue weighted by atomic mass is 9.98. The van der Waals surface area contributed by atoms with Crippen molar-refractivity contribution in [3.8, 4) is 16.9 Å². The number of nitrogens with zero attached hydrogens (tertiary/aromatic N) is 1. The Labute approximate surface area is 125 Å². The van der Waals surface area contributed by atoms with Crippen LogP contribution >= 0.6 is 0 Å². The van der Waals surface area contributed by atoms with Crippen LogP contribution in [0.15, 0.2) is 60.7 Å². The summed E-state index contributed by atoms with van der Waals surface area (Å²) in [6, 6.07) is 21.3. The highest BCUT2D eigenvalue weighted by Gasteiger charge is 2.05. The Morgan fingerprint density at radius 2 is 1.62 bits per heavy atom. The number of methoxy groups -OCH3 is 1. The first kappa shape index (κ1) is 13.5. The molecule has 2 nitrogen and oxygen atoms in total. The molecule has 0 aromatic heterocycles. The van der Waals surface area contributed by atoms with Crippen LogP contribution in [-0.2, 0) is 0 Å². The van der Waals surface area contributed by atoms with Gasteiger partial charge in [0.25, 0.3) is 0 Å². The summed E-state index contributed by atoms with van der Waals surface area (Å²) in [5.41, 5.74) is 3.69. The van der Waals surface area contributed by atoms with E-state index < -0.39 is 0 Å². The van der Waals surface area contributed by atoms with Crippen LogP contribution in [0.2, 0.25) is 0 Å². The van der Waals surface area contributed by atoms with Crippen LogP contribution in [0.4, 0.5) is 5.69 Å². The highest BCUT2D eigenvalue weighted by molar-refractivity contribution is 5.97. The molecular formula is C19H19NO. The van der Waals surface area contributed by atoms with Crippen molar-refractivity contribution in [1.82, 2.24) is 0 Å². The van der Waals surface area contributed by atoms with Gasteiger partial charge in [-0.1, -0.05) is 36.4 Å². The second-order valence-electron chi connectivity index (χ2n) is 5.33. The monoisotopic (exact) mass is 277 g/mol. The van der Waals surface area contributed by atoms with E-state index in [4.69, 9.17) is 4.74 Å². The van der Waals surface area contributed by atoms with E-state index in [1.807, 2.05) is 6.07 Å². The number of hydrogen-bond acceptors (Lipinski definition) is 2. The first-order valence-corrected chi connectivity index (χ1v) is 7.03. The molecule has 0 spiro atoms. The number of benzene rings is 3. The van der Waals surface area contributed by atoms with Crippen LogP contribution in [0.25, 0.3) is 21.9 Å². The van der Waals surface area contributed by atoms with Gasteiger partial charge >= 0.3 is 0 Å². The summed E-state index contributed by atoms with van der Waals surface area (Å²) >= 11 is 0. The van der Waals surface area contributed by atoms with Crippen molar-refractivity contribution in [3.63, 3.8) is 0 Å². The van der Waals surface area contributed by atoms with Crippen LogP contribution in [-0.4, -0.2) is 21.2 Å². The normalized spacial score (nSPS) is 10.6. The van der Waals surface area contributed by atoms with Gasteiger partial charge in [-0.2, -0.15) is 0 Å². The smallest absolute Gasteiger partial charge is 0.119 e. The average molecular weight is 277 g/mol. The van der Waals surface area contributed by atoms with Gasteiger partial charge in [0.05, 0.1) is 7.11 Å². The minimum Gasteiger partial charge on any atom is -0.497 e. The highest BCUT2D eigenvalue weighted by atomic mass is 16.5. The Bertz CT molecular complexity index is 760. The van der Waals surface area contributed by atoms with Crippen molar-refractivity contribution in [1.29, 1.82) is 0 Å². The van der Waals surface area contributed by atoms with E-state index in [-0.39, 0.29) is 0 Å². The fourth-order valence-corrected chi connectivity index (χ4v) is 2.58. The summed E-state index contributed by atoms with van der Waals surface area (Å²) in [5.74, 6) is 0.891. The molecule has 0 saturated heterocycles. The van der Waals surface area contributed by atoms with Crippen LogP contribution in [0.3, 0.4) is 0 Å².